The molecule has 0 spiro atoms. The maximum atomic E-state index is 11.1. The van der Waals surface area contributed by atoms with Crippen LogP contribution in [0.4, 0.5) is 0 Å². The molecule has 0 aromatic heterocycles. The molecule has 0 radical (unpaired) electrons. The zero-order valence-electron chi connectivity index (χ0n) is 7.10. The SMILES string of the molecule is CC(=O)C1CC=CCC1C(O)O. The molecule has 0 amide bonds. The molecule has 0 aliphatic heterocycles. The van der Waals surface area contributed by atoms with E-state index >= 15 is 0 Å². The van der Waals surface area contributed by atoms with Crippen molar-refractivity contribution in [3.63, 3.8) is 0 Å². The van der Waals surface area contributed by atoms with Gasteiger partial charge < -0.3 is 10.2 Å². The van der Waals surface area contributed by atoms with E-state index in [1.807, 2.05) is 12.2 Å². The molecule has 0 saturated carbocycles. The van der Waals surface area contributed by atoms with Crippen molar-refractivity contribution in [3.8, 4) is 0 Å². The van der Waals surface area contributed by atoms with E-state index in [9.17, 15) is 4.79 Å². The van der Waals surface area contributed by atoms with Gasteiger partial charge in [0.2, 0.25) is 0 Å². The number of hydrogen-bond acceptors (Lipinski definition) is 3. The van der Waals surface area contributed by atoms with Crippen LogP contribution in [0.1, 0.15) is 19.8 Å². The predicted octanol–water partition coefficient (Wildman–Crippen LogP) is 0.468. The molecule has 2 unspecified atom stereocenters. The fourth-order valence-electron chi connectivity index (χ4n) is 1.63. The lowest BCUT2D eigenvalue weighted by molar-refractivity contribution is -0.135. The van der Waals surface area contributed by atoms with Crippen molar-refractivity contribution in [2.45, 2.75) is 26.1 Å². The van der Waals surface area contributed by atoms with Crippen molar-refractivity contribution in [3.05, 3.63) is 12.2 Å². The van der Waals surface area contributed by atoms with Crippen LogP contribution in [0.15, 0.2) is 12.2 Å². The van der Waals surface area contributed by atoms with Gasteiger partial charge in [-0.25, -0.2) is 0 Å². The summed E-state index contributed by atoms with van der Waals surface area (Å²) in [6, 6.07) is 0. The van der Waals surface area contributed by atoms with Gasteiger partial charge in [0, 0.05) is 11.8 Å². The summed E-state index contributed by atoms with van der Waals surface area (Å²) in [5.74, 6) is -0.486. The van der Waals surface area contributed by atoms with Gasteiger partial charge in [-0.2, -0.15) is 0 Å². The highest BCUT2D eigenvalue weighted by atomic mass is 16.5. The van der Waals surface area contributed by atoms with Crippen molar-refractivity contribution < 1.29 is 15.0 Å². The summed E-state index contributed by atoms with van der Waals surface area (Å²) in [5.41, 5.74) is 0. The third-order valence-corrected chi connectivity index (χ3v) is 2.39. The van der Waals surface area contributed by atoms with Gasteiger partial charge in [0.05, 0.1) is 0 Å². The fraction of sp³-hybridized carbons (Fsp3) is 0.667. The number of carbonyl (C=O) groups is 1. The van der Waals surface area contributed by atoms with Crippen molar-refractivity contribution in [1.82, 2.24) is 0 Å². The Labute approximate surface area is 71.7 Å². The second kappa shape index (κ2) is 3.83. The van der Waals surface area contributed by atoms with E-state index in [1.54, 1.807) is 0 Å². The van der Waals surface area contributed by atoms with Crippen LogP contribution in [0.2, 0.25) is 0 Å². The molecule has 3 heteroatoms. The van der Waals surface area contributed by atoms with Crippen LogP contribution in [0, 0.1) is 11.8 Å². The zero-order valence-corrected chi connectivity index (χ0v) is 7.10. The first kappa shape index (κ1) is 9.42. The molecule has 0 aromatic rings. The molecule has 1 aliphatic rings. The number of carbonyl (C=O) groups excluding carboxylic acids is 1. The first-order valence-corrected chi connectivity index (χ1v) is 4.14. The minimum Gasteiger partial charge on any atom is -0.368 e. The molecule has 3 nitrogen and oxygen atoms in total. The normalized spacial score (nSPS) is 29.3. The molecule has 0 aromatic carbocycles. The molecule has 0 saturated heterocycles. The largest absolute Gasteiger partial charge is 0.368 e. The molecule has 12 heavy (non-hydrogen) atoms. The number of rotatable bonds is 2. The summed E-state index contributed by atoms with van der Waals surface area (Å²) in [5, 5.41) is 17.9. The Bertz CT molecular complexity index is 196. The summed E-state index contributed by atoms with van der Waals surface area (Å²) in [6.07, 6.45) is 3.66. The van der Waals surface area contributed by atoms with Gasteiger partial charge in [0.25, 0.3) is 0 Å². The highest BCUT2D eigenvalue weighted by Crippen LogP contribution is 2.28. The van der Waals surface area contributed by atoms with Crippen LogP contribution in [0.5, 0.6) is 0 Å². The monoisotopic (exact) mass is 170 g/mol. The fourth-order valence-corrected chi connectivity index (χ4v) is 1.63. The highest BCUT2D eigenvalue weighted by molar-refractivity contribution is 5.79. The highest BCUT2D eigenvalue weighted by Gasteiger charge is 2.30. The van der Waals surface area contributed by atoms with Gasteiger partial charge >= 0.3 is 0 Å². The van der Waals surface area contributed by atoms with Gasteiger partial charge in [-0.3, -0.25) is 4.79 Å². The summed E-state index contributed by atoms with van der Waals surface area (Å²) < 4.78 is 0. The molecule has 0 heterocycles. The third-order valence-electron chi connectivity index (χ3n) is 2.39. The number of Topliss-reactive ketones (excluding diaryl/α,β-unsaturated/α-hetero) is 1. The summed E-state index contributed by atoms with van der Waals surface area (Å²) in [7, 11) is 0. The van der Waals surface area contributed by atoms with E-state index in [1.165, 1.54) is 6.92 Å². The minimum absolute atomic E-state index is 0.0393. The Kier molecular flexibility index (Phi) is 3.00. The average molecular weight is 170 g/mol. The number of hydrogen-bond donors (Lipinski definition) is 2. The van der Waals surface area contributed by atoms with Crippen molar-refractivity contribution in [2.24, 2.45) is 11.8 Å². The quantitative estimate of drug-likeness (QED) is 0.468. The van der Waals surface area contributed by atoms with Crippen LogP contribution in [0.3, 0.4) is 0 Å². The second-order valence-electron chi connectivity index (χ2n) is 3.24. The molecule has 2 N–H and O–H groups in total. The molecule has 0 fully saturated rings. The Morgan fingerprint density at radius 1 is 1.42 bits per heavy atom. The number of aliphatic hydroxyl groups excluding tert-OH is 1. The van der Waals surface area contributed by atoms with Crippen LogP contribution in [-0.4, -0.2) is 22.3 Å². The Balaban J connectivity index is 2.69. The molecule has 1 rings (SSSR count). The van der Waals surface area contributed by atoms with Crippen LogP contribution >= 0.6 is 0 Å². The Morgan fingerprint density at radius 2 is 2.00 bits per heavy atom. The summed E-state index contributed by atoms with van der Waals surface area (Å²) in [4.78, 5) is 11.1. The number of allylic oxidation sites excluding steroid dienone is 2. The van der Waals surface area contributed by atoms with E-state index in [4.69, 9.17) is 10.2 Å². The van der Waals surface area contributed by atoms with E-state index in [2.05, 4.69) is 0 Å². The van der Waals surface area contributed by atoms with E-state index in [0.717, 1.165) is 0 Å². The number of aliphatic hydroxyl groups is 2. The Hall–Kier alpha value is -0.670. The number of ketones is 1. The maximum absolute atomic E-state index is 11.1. The molecule has 0 bridgehead atoms. The van der Waals surface area contributed by atoms with Gasteiger partial charge in [-0.05, 0) is 19.8 Å². The summed E-state index contributed by atoms with van der Waals surface area (Å²) in [6.45, 7) is 1.50. The van der Waals surface area contributed by atoms with Crippen LogP contribution in [0.25, 0.3) is 0 Å². The molecule has 68 valence electrons. The molecular weight excluding hydrogens is 156 g/mol. The van der Waals surface area contributed by atoms with Crippen molar-refractivity contribution >= 4 is 5.78 Å². The standard InChI is InChI=1S/C9H14O3/c1-6(10)7-4-2-3-5-8(7)9(11)12/h2-3,7-9,11-12H,4-5H2,1H3. The van der Waals surface area contributed by atoms with E-state index < -0.39 is 6.29 Å². The lowest BCUT2D eigenvalue weighted by Crippen LogP contribution is -2.32. The minimum atomic E-state index is -1.37. The van der Waals surface area contributed by atoms with Crippen LogP contribution < -0.4 is 0 Å². The van der Waals surface area contributed by atoms with Crippen molar-refractivity contribution in [2.75, 3.05) is 0 Å². The van der Waals surface area contributed by atoms with Gasteiger partial charge in [0.15, 0.2) is 6.29 Å². The topological polar surface area (TPSA) is 57.5 Å². The lowest BCUT2D eigenvalue weighted by Gasteiger charge is -2.27. The average Bonchev–Trinajstić information content (AvgIpc) is 2.04. The van der Waals surface area contributed by atoms with Crippen LogP contribution in [-0.2, 0) is 4.79 Å². The second-order valence-corrected chi connectivity index (χ2v) is 3.24. The first-order valence-electron chi connectivity index (χ1n) is 4.14. The smallest absolute Gasteiger partial charge is 0.155 e. The van der Waals surface area contributed by atoms with Gasteiger partial charge in [-0.1, -0.05) is 12.2 Å². The third kappa shape index (κ3) is 1.93. The van der Waals surface area contributed by atoms with E-state index in [-0.39, 0.29) is 17.6 Å². The van der Waals surface area contributed by atoms with Gasteiger partial charge in [0.1, 0.15) is 5.78 Å². The first-order chi connectivity index (χ1) is 5.63. The zero-order chi connectivity index (χ0) is 9.14. The Morgan fingerprint density at radius 3 is 2.42 bits per heavy atom. The maximum Gasteiger partial charge on any atom is 0.155 e. The van der Waals surface area contributed by atoms with E-state index in [0.29, 0.717) is 12.8 Å². The van der Waals surface area contributed by atoms with Crippen molar-refractivity contribution in [1.29, 1.82) is 0 Å². The summed E-state index contributed by atoms with van der Waals surface area (Å²) >= 11 is 0. The molecule has 1 aliphatic carbocycles. The molecule has 2 atom stereocenters. The molecular formula is C9H14O3. The van der Waals surface area contributed by atoms with Gasteiger partial charge in [-0.15, -0.1) is 0 Å². The lowest BCUT2D eigenvalue weighted by atomic mass is 9.80. The predicted molar refractivity (Wildman–Crippen MR) is 44.3 cm³/mol.